The first-order valence-electron chi connectivity index (χ1n) is 8.03. The fourth-order valence-corrected chi connectivity index (χ4v) is 1.65. The number of rotatable bonds is 12. The van der Waals surface area contributed by atoms with Gasteiger partial charge in [0.15, 0.2) is 0 Å². The Labute approximate surface area is 124 Å². The molecule has 0 saturated carbocycles. The highest BCUT2D eigenvalue weighted by Crippen LogP contribution is 2.04. The van der Waals surface area contributed by atoms with E-state index in [4.69, 9.17) is 14.6 Å². The van der Waals surface area contributed by atoms with Crippen LogP contribution in [0.15, 0.2) is 0 Å². The fourth-order valence-electron chi connectivity index (χ4n) is 1.65. The maximum atomic E-state index is 10.0. The Hall–Kier alpha value is -0.610. The van der Waals surface area contributed by atoms with Crippen LogP contribution in [0.2, 0.25) is 0 Å². The van der Waals surface area contributed by atoms with Crippen molar-refractivity contribution in [3.63, 3.8) is 0 Å². The lowest BCUT2D eigenvalue weighted by Crippen LogP contribution is -2.18. The Morgan fingerprint density at radius 1 is 1.00 bits per heavy atom. The quantitative estimate of drug-likeness (QED) is 0.545. The number of carboxylic acids is 1. The van der Waals surface area contributed by atoms with Crippen LogP contribution < -0.4 is 0 Å². The van der Waals surface area contributed by atoms with Gasteiger partial charge in [-0.3, -0.25) is 4.79 Å². The van der Waals surface area contributed by atoms with Crippen molar-refractivity contribution in [1.29, 1.82) is 0 Å². The molecule has 0 aliphatic carbocycles. The summed E-state index contributed by atoms with van der Waals surface area (Å²) in [4.78, 5) is 10.0. The number of carboxylic acid groups (broad SMARTS) is 1. The lowest BCUT2D eigenvalue weighted by Gasteiger charge is -2.13. The first kappa shape index (κ1) is 21.7. The van der Waals surface area contributed by atoms with E-state index in [-0.39, 0.29) is 0 Å². The van der Waals surface area contributed by atoms with E-state index in [9.17, 15) is 4.79 Å². The Balaban J connectivity index is 0. The van der Waals surface area contributed by atoms with Crippen molar-refractivity contribution in [1.82, 2.24) is 0 Å². The molecule has 0 rings (SSSR count). The fraction of sp³-hybridized carbons (Fsp3) is 0.938. The highest BCUT2D eigenvalue weighted by Gasteiger charge is 2.03. The van der Waals surface area contributed by atoms with Gasteiger partial charge in [-0.25, -0.2) is 0 Å². The molecule has 0 heterocycles. The van der Waals surface area contributed by atoms with Gasteiger partial charge in [-0.2, -0.15) is 0 Å². The molecule has 20 heavy (non-hydrogen) atoms. The molecule has 0 aliphatic rings. The van der Waals surface area contributed by atoms with E-state index in [0.717, 1.165) is 39.1 Å². The number of unbranched alkanes of at least 4 members (excludes halogenated alkanes) is 4. The minimum Gasteiger partial charge on any atom is -0.481 e. The molecule has 1 atom stereocenters. The lowest BCUT2D eigenvalue weighted by molar-refractivity contribution is -0.137. The van der Waals surface area contributed by atoms with Gasteiger partial charge in [-0.05, 0) is 26.7 Å². The van der Waals surface area contributed by atoms with Crippen LogP contribution in [0.25, 0.3) is 0 Å². The number of aliphatic carboxylic acids is 1. The average Bonchev–Trinajstić information content (AvgIpc) is 2.43. The molecular weight excluding hydrogens is 256 g/mol. The smallest absolute Gasteiger partial charge is 0.303 e. The largest absolute Gasteiger partial charge is 0.481 e. The van der Waals surface area contributed by atoms with Gasteiger partial charge in [0.25, 0.3) is 0 Å². The van der Waals surface area contributed by atoms with Gasteiger partial charge < -0.3 is 14.6 Å². The monoisotopic (exact) mass is 290 g/mol. The summed E-state index contributed by atoms with van der Waals surface area (Å²) < 4.78 is 10.6. The van der Waals surface area contributed by atoms with Crippen LogP contribution in [0.1, 0.15) is 72.6 Å². The Morgan fingerprint density at radius 3 is 2.10 bits per heavy atom. The molecule has 0 amide bonds. The van der Waals surface area contributed by atoms with Crippen molar-refractivity contribution in [3.8, 4) is 0 Å². The Bertz CT molecular complexity index is 195. The maximum absolute atomic E-state index is 10.0. The molecule has 4 nitrogen and oxygen atoms in total. The van der Waals surface area contributed by atoms with E-state index >= 15 is 0 Å². The third kappa shape index (κ3) is 19.7. The van der Waals surface area contributed by atoms with E-state index < -0.39 is 5.97 Å². The highest BCUT2D eigenvalue weighted by molar-refractivity contribution is 5.66. The molecule has 0 aromatic rings. The molecule has 0 bridgehead atoms. The molecule has 0 spiro atoms. The van der Waals surface area contributed by atoms with E-state index in [2.05, 4.69) is 13.8 Å². The van der Waals surface area contributed by atoms with Crippen LogP contribution in [0.4, 0.5) is 0 Å². The summed E-state index contributed by atoms with van der Waals surface area (Å²) in [5.74, 6) is -0.670. The zero-order valence-electron chi connectivity index (χ0n) is 13.8. The second-order valence-corrected chi connectivity index (χ2v) is 4.70. The summed E-state index contributed by atoms with van der Waals surface area (Å²) in [6.07, 6.45) is 7.22. The van der Waals surface area contributed by atoms with E-state index in [1.54, 1.807) is 0 Å². The van der Waals surface area contributed by atoms with Crippen LogP contribution in [0.5, 0.6) is 0 Å². The molecular formula is C16H34O4. The number of carbonyl (C=O) groups is 1. The van der Waals surface area contributed by atoms with Crippen LogP contribution >= 0.6 is 0 Å². The summed E-state index contributed by atoms with van der Waals surface area (Å²) in [5, 5.41) is 8.27. The van der Waals surface area contributed by atoms with Crippen molar-refractivity contribution in [2.75, 3.05) is 19.8 Å². The minimum atomic E-state index is -0.670. The van der Waals surface area contributed by atoms with Crippen molar-refractivity contribution in [2.24, 2.45) is 0 Å². The van der Waals surface area contributed by atoms with Crippen LogP contribution in [0.3, 0.4) is 0 Å². The molecule has 0 aromatic heterocycles. The van der Waals surface area contributed by atoms with Gasteiger partial charge in [0.1, 0.15) is 0 Å². The lowest BCUT2D eigenvalue weighted by atomic mass is 10.1. The first-order valence-corrected chi connectivity index (χ1v) is 8.03. The van der Waals surface area contributed by atoms with Crippen LogP contribution in [-0.2, 0) is 14.3 Å². The topological polar surface area (TPSA) is 55.8 Å². The molecule has 1 N–H and O–H groups in total. The zero-order chi connectivity index (χ0) is 15.6. The molecule has 0 saturated heterocycles. The normalized spacial score (nSPS) is 11.6. The van der Waals surface area contributed by atoms with E-state index in [1.807, 2.05) is 13.8 Å². The third-order valence-electron chi connectivity index (χ3n) is 2.86. The molecule has 122 valence electrons. The maximum Gasteiger partial charge on any atom is 0.303 e. The van der Waals surface area contributed by atoms with E-state index in [1.165, 1.54) is 19.3 Å². The van der Waals surface area contributed by atoms with Gasteiger partial charge in [0, 0.05) is 19.6 Å². The summed E-state index contributed by atoms with van der Waals surface area (Å²) >= 11 is 0. The van der Waals surface area contributed by atoms with Gasteiger partial charge >= 0.3 is 5.97 Å². The van der Waals surface area contributed by atoms with Gasteiger partial charge in [0.2, 0.25) is 0 Å². The first-order chi connectivity index (χ1) is 9.62. The van der Waals surface area contributed by atoms with Gasteiger partial charge in [0.05, 0.1) is 12.7 Å². The molecule has 0 radical (unpaired) electrons. The van der Waals surface area contributed by atoms with Crippen molar-refractivity contribution in [3.05, 3.63) is 0 Å². The second-order valence-electron chi connectivity index (χ2n) is 4.70. The van der Waals surface area contributed by atoms with Crippen LogP contribution in [-0.4, -0.2) is 37.0 Å². The SMILES string of the molecule is CCCCCCCC(=O)O.CCOCC(CC)OCC. The minimum absolute atomic E-state index is 0.296. The van der Waals surface area contributed by atoms with Crippen molar-refractivity contribution >= 4 is 5.97 Å². The summed E-state index contributed by atoms with van der Waals surface area (Å²) in [7, 11) is 0. The Kier molecular flexibility index (Phi) is 19.9. The summed E-state index contributed by atoms with van der Waals surface area (Å²) in [5.41, 5.74) is 0. The summed E-state index contributed by atoms with van der Waals surface area (Å²) in [6, 6.07) is 0. The Morgan fingerprint density at radius 2 is 1.65 bits per heavy atom. The standard InChI is InChI=1S/C8H18O2.C8H16O2/c1-4-8(10-6-3)7-9-5-2;1-2-3-4-5-6-7-8(9)10/h8H,4-7H2,1-3H3;2-7H2,1H3,(H,9,10). The van der Waals surface area contributed by atoms with Crippen molar-refractivity contribution in [2.45, 2.75) is 78.7 Å². The predicted octanol–water partition coefficient (Wildman–Crippen LogP) is 4.27. The van der Waals surface area contributed by atoms with Crippen LogP contribution in [0, 0.1) is 0 Å². The molecule has 4 heteroatoms. The highest BCUT2D eigenvalue weighted by atomic mass is 16.5. The van der Waals surface area contributed by atoms with Gasteiger partial charge in [-0.1, -0.05) is 39.5 Å². The second kappa shape index (κ2) is 18.4. The number of ether oxygens (including phenoxy) is 2. The zero-order valence-corrected chi connectivity index (χ0v) is 13.8. The number of hydrogen-bond donors (Lipinski definition) is 1. The molecule has 1 unspecified atom stereocenters. The van der Waals surface area contributed by atoms with Gasteiger partial charge in [-0.15, -0.1) is 0 Å². The third-order valence-corrected chi connectivity index (χ3v) is 2.86. The predicted molar refractivity (Wildman–Crippen MR) is 83.2 cm³/mol. The number of hydrogen-bond acceptors (Lipinski definition) is 3. The molecule has 0 aliphatic heterocycles. The molecule has 0 fully saturated rings. The van der Waals surface area contributed by atoms with E-state index in [0.29, 0.717) is 12.5 Å². The summed E-state index contributed by atoms with van der Waals surface area (Å²) in [6.45, 7) is 10.6. The van der Waals surface area contributed by atoms with Crippen molar-refractivity contribution < 1.29 is 19.4 Å². The average molecular weight is 290 g/mol. The molecule has 0 aromatic carbocycles.